The lowest BCUT2D eigenvalue weighted by Crippen LogP contribution is -2.22. The van der Waals surface area contributed by atoms with Crippen molar-refractivity contribution in [2.75, 3.05) is 7.11 Å². The minimum atomic E-state index is 0.139. The summed E-state index contributed by atoms with van der Waals surface area (Å²) in [7, 11) is 1.71. The number of hydrogen-bond donors (Lipinski definition) is 0. The lowest BCUT2D eigenvalue weighted by atomic mass is 9.85. The van der Waals surface area contributed by atoms with Gasteiger partial charge in [-0.3, -0.25) is 0 Å². The van der Waals surface area contributed by atoms with Gasteiger partial charge in [0.1, 0.15) is 5.75 Å². The van der Waals surface area contributed by atoms with E-state index in [1.807, 2.05) is 23.9 Å². The number of benzene rings is 2. The van der Waals surface area contributed by atoms with E-state index in [1.165, 1.54) is 11.1 Å². The third-order valence-corrected chi connectivity index (χ3v) is 5.39. The Kier molecular flexibility index (Phi) is 4.07. The van der Waals surface area contributed by atoms with Crippen LogP contribution in [0.1, 0.15) is 30.4 Å². The Balaban J connectivity index is 1.85. The van der Waals surface area contributed by atoms with E-state index in [2.05, 4.69) is 60.9 Å². The summed E-state index contributed by atoms with van der Waals surface area (Å²) in [5, 5.41) is 2.26. The molecule has 0 N–H and O–H groups in total. The van der Waals surface area contributed by atoms with Crippen LogP contribution in [-0.2, 0) is 4.75 Å². The molecule has 0 aromatic heterocycles. The van der Waals surface area contributed by atoms with E-state index < -0.39 is 0 Å². The van der Waals surface area contributed by atoms with Crippen molar-refractivity contribution in [3.05, 3.63) is 77.2 Å². The molecule has 1 nitrogen and oxygen atoms in total. The van der Waals surface area contributed by atoms with Crippen molar-refractivity contribution in [1.82, 2.24) is 0 Å². The van der Waals surface area contributed by atoms with Crippen LogP contribution in [0.3, 0.4) is 0 Å². The molecule has 0 bridgehead atoms. The number of ether oxygens (including phenoxy) is 1. The van der Waals surface area contributed by atoms with E-state index in [9.17, 15) is 0 Å². The molecule has 2 aromatic carbocycles. The molecule has 0 unspecified atom stereocenters. The molecule has 0 radical (unpaired) electrons. The van der Waals surface area contributed by atoms with E-state index in [-0.39, 0.29) is 4.75 Å². The predicted molar refractivity (Wildman–Crippen MR) is 90.9 cm³/mol. The molecule has 2 heteroatoms. The predicted octanol–water partition coefficient (Wildman–Crippen LogP) is 5.34. The highest BCUT2D eigenvalue weighted by atomic mass is 32.2. The lowest BCUT2D eigenvalue weighted by molar-refractivity contribution is 0.414. The van der Waals surface area contributed by atoms with Gasteiger partial charge in [-0.25, -0.2) is 0 Å². The van der Waals surface area contributed by atoms with Crippen LogP contribution < -0.4 is 4.74 Å². The van der Waals surface area contributed by atoms with Gasteiger partial charge < -0.3 is 4.74 Å². The van der Waals surface area contributed by atoms with Crippen LogP contribution in [0.4, 0.5) is 0 Å². The fraction of sp³-hybridized carbons (Fsp3) is 0.263. The monoisotopic (exact) mass is 296 g/mol. The summed E-state index contributed by atoms with van der Waals surface area (Å²) in [6.07, 6.45) is 3.43. The van der Waals surface area contributed by atoms with E-state index in [4.69, 9.17) is 4.74 Å². The normalized spacial score (nSPS) is 24.8. The topological polar surface area (TPSA) is 9.23 Å². The average molecular weight is 296 g/mol. The summed E-state index contributed by atoms with van der Waals surface area (Å²) in [5.74, 6) is 1.38. The molecule has 2 aromatic rings. The van der Waals surface area contributed by atoms with Crippen LogP contribution in [0, 0.1) is 0 Å². The standard InChI is InChI=1S/C19H20OS/c1-19(17-6-4-3-5-7-17)14-16(12-13-21-19)15-8-10-18(20-2)11-9-15/h3-13,16H,14H2,1-2H3/t16-,19+/m0/s1. The zero-order valence-electron chi connectivity index (χ0n) is 12.5. The third-order valence-electron chi connectivity index (χ3n) is 4.18. The van der Waals surface area contributed by atoms with Gasteiger partial charge in [0, 0.05) is 10.7 Å². The molecule has 3 rings (SSSR count). The summed E-state index contributed by atoms with van der Waals surface area (Å²) >= 11 is 1.92. The molecular formula is C19H20OS. The molecule has 108 valence electrons. The molecule has 21 heavy (non-hydrogen) atoms. The maximum atomic E-state index is 5.24. The largest absolute Gasteiger partial charge is 0.497 e. The highest BCUT2D eigenvalue weighted by Gasteiger charge is 2.32. The van der Waals surface area contributed by atoms with Crippen molar-refractivity contribution in [3.63, 3.8) is 0 Å². The Bertz CT molecular complexity index is 618. The first kappa shape index (κ1) is 14.3. The van der Waals surface area contributed by atoms with Crippen molar-refractivity contribution < 1.29 is 4.74 Å². The molecular weight excluding hydrogens is 276 g/mol. The SMILES string of the molecule is COc1ccc([C@H]2C=CS[C@@](C)(c3ccccc3)C2)cc1. The Morgan fingerprint density at radius 2 is 1.76 bits per heavy atom. The van der Waals surface area contributed by atoms with E-state index in [0.29, 0.717) is 5.92 Å². The van der Waals surface area contributed by atoms with Gasteiger partial charge in [0.2, 0.25) is 0 Å². The van der Waals surface area contributed by atoms with Crippen molar-refractivity contribution in [2.45, 2.75) is 24.0 Å². The van der Waals surface area contributed by atoms with Gasteiger partial charge in [-0.1, -0.05) is 48.5 Å². The van der Waals surface area contributed by atoms with E-state index in [1.54, 1.807) is 7.11 Å². The molecule has 1 heterocycles. The van der Waals surface area contributed by atoms with Crippen LogP contribution in [0.5, 0.6) is 5.75 Å². The van der Waals surface area contributed by atoms with Crippen molar-refractivity contribution >= 4 is 11.8 Å². The molecule has 0 fully saturated rings. The summed E-state index contributed by atoms with van der Waals surface area (Å²) in [6.45, 7) is 2.34. The second-order valence-corrected chi connectivity index (χ2v) is 7.04. The second-order valence-electron chi connectivity index (χ2n) is 5.63. The highest BCUT2D eigenvalue weighted by Crippen LogP contribution is 2.48. The van der Waals surface area contributed by atoms with Crippen molar-refractivity contribution in [2.24, 2.45) is 0 Å². The molecule has 0 aliphatic carbocycles. The quantitative estimate of drug-likeness (QED) is 0.755. The maximum Gasteiger partial charge on any atom is 0.118 e. The number of allylic oxidation sites excluding steroid dienone is 1. The average Bonchev–Trinajstić information content (AvgIpc) is 2.56. The first-order valence-corrected chi connectivity index (χ1v) is 8.13. The summed E-state index contributed by atoms with van der Waals surface area (Å²) in [4.78, 5) is 0. The van der Waals surface area contributed by atoms with Crippen LogP contribution >= 0.6 is 11.8 Å². The second kappa shape index (κ2) is 5.98. The van der Waals surface area contributed by atoms with Gasteiger partial charge in [-0.2, -0.15) is 0 Å². The van der Waals surface area contributed by atoms with Gasteiger partial charge >= 0.3 is 0 Å². The van der Waals surface area contributed by atoms with Crippen LogP contribution in [0.25, 0.3) is 0 Å². The summed E-state index contributed by atoms with van der Waals surface area (Å²) in [6, 6.07) is 19.2. The molecule has 2 atom stereocenters. The van der Waals surface area contributed by atoms with Crippen LogP contribution in [0.2, 0.25) is 0 Å². The first-order valence-electron chi connectivity index (χ1n) is 7.25. The highest BCUT2D eigenvalue weighted by molar-refractivity contribution is 8.03. The molecule has 1 aliphatic heterocycles. The zero-order chi connectivity index (χ0) is 14.7. The molecule has 0 spiro atoms. The van der Waals surface area contributed by atoms with Crippen LogP contribution in [-0.4, -0.2) is 7.11 Å². The molecule has 0 saturated carbocycles. The van der Waals surface area contributed by atoms with Crippen LogP contribution in [0.15, 0.2) is 66.1 Å². The fourth-order valence-electron chi connectivity index (χ4n) is 2.88. The number of methoxy groups -OCH3 is 1. The van der Waals surface area contributed by atoms with Gasteiger partial charge in [0.15, 0.2) is 0 Å². The van der Waals surface area contributed by atoms with Gasteiger partial charge in [-0.05, 0) is 42.0 Å². The minimum absolute atomic E-state index is 0.139. The van der Waals surface area contributed by atoms with Crippen molar-refractivity contribution in [1.29, 1.82) is 0 Å². The number of thioether (sulfide) groups is 1. The summed E-state index contributed by atoms with van der Waals surface area (Å²) in [5.41, 5.74) is 2.76. The third kappa shape index (κ3) is 3.01. The first-order chi connectivity index (χ1) is 10.2. The van der Waals surface area contributed by atoms with Crippen molar-refractivity contribution in [3.8, 4) is 5.75 Å². The Morgan fingerprint density at radius 1 is 1.05 bits per heavy atom. The van der Waals surface area contributed by atoms with Gasteiger partial charge in [0.05, 0.1) is 7.11 Å². The molecule has 0 amide bonds. The molecule has 1 aliphatic rings. The zero-order valence-corrected chi connectivity index (χ0v) is 13.3. The Hall–Kier alpha value is -1.67. The summed E-state index contributed by atoms with van der Waals surface area (Å²) < 4.78 is 5.38. The molecule has 0 saturated heterocycles. The maximum absolute atomic E-state index is 5.24. The van der Waals surface area contributed by atoms with E-state index in [0.717, 1.165) is 12.2 Å². The fourth-order valence-corrected chi connectivity index (χ4v) is 3.99. The smallest absolute Gasteiger partial charge is 0.118 e. The number of rotatable bonds is 3. The Labute approximate surface area is 131 Å². The minimum Gasteiger partial charge on any atom is -0.497 e. The van der Waals surface area contributed by atoms with Gasteiger partial charge in [0.25, 0.3) is 0 Å². The number of hydrogen-bond acceptors (Lipinski definition) is 2. The van der Waals surface area contributed by atoms with Gasteiger partial charge in [-0.15, -0.1) is 11.8 Å². The lowest BCUT2D eigenvalue weighted by Gasteiger charge is -2.35. The van der Waals surface area contributed by atoms with E-state index >= 15 is 0 Å². The Morgan fingerprint density at radius 3 is 2.43 bits per heavy atom.